The van der Waals surface area contributed by atoms with Crippen molar-refractivity contribution in [3.05, 3.63) is 69.8 Å². The van der Waals surface area contributed by atoms with Crippen LogP contribution in [-0.2, 0) is 0 Å². The van der Waals surface area contributed by atoms with Crippen LogP contribution in [0.15, 0.2) is 48.5 Å². The van der Waals surface area contributed by atoms with Gasteiger partial charge < -0.3 is 9.47 Å². The van der Waals surface area contributed by atoms with Crippen molar-refractivity contribution >= 4 is 29.2 Å². The quantitative estimate of drug-likeness (QED) is 0.524. The van der Waals surface area contributed by atoms with E-state index in [-0.39, 0.29) is 5.92 Å². The lowest BCUT2D eigenvalue weighted by Gasteiger charge is -2.09. The minimum absolute atomic E-state index is 0.160. The number of aromatic nitrogens is 2. The molecule has 1 heterocycles. The molecule has 5 nitrogen and oxygen atoms in total. The molecular formula is C20H18Cl2N2O3. The molecule has 27 heavy (non-hydrogen) atoms. The summed E-state index contributed by atoms with van der Waals surface area (Å²) >= 11 is 12.1. The molecule has 0 saturated carbocycles. The van der Waals surface area contributed by atoms with Crippen molar-refractivity contribution in [2.75, 3.05) is 7.11 Å². The minimum atomic E-state index is -0.492. The van der Waals surface area contributed by atoms with E-state index < -0.39 is 5.97 Å². The highest BCUT2D eigenvalue weighted by atomic mass is 35.5. The van der Waals surface area contributed by atoms with E-state index in [9.17, 15) is 4.79 Å². The molecule has 0 aliphatic rings. The highest BCUT2D eigenvalue weighted by molar-refractivity contribution is 6.42. The molecule has 0 aliphatic heterocycles. The number of halogens is 2. The summed E-state index contributed by atoms with van der Waals surface area (Å²) < 4.78 is 12.3. The largest absolute Gasteiger partial charge is 0.497 e. The average Bonchev–Trinajstić information content (AvgIpc) is 3.08. The fourth-order valence-corrected chi connectivity index (χ4v) is 2.71. The van der Waals surface area contributed by atoms with Crippen LogP contribution in [0.4, 0.5) is 0 Å². The summed E-state index contributed by atoms with van der Waals surface area (Å²) in [5.41, 5.74) is 1.84. The predicted octanol–water partition coefficient (Wildman–Crippen LogP) is 5.53. The van der Waals surface area contributed by atoms with Crippen molar-refractivity contribution in [1.29, 1.82) is 0 Å². The predicted molar refractivity (Wildman–Crippen MR) is 106 cm³/mol. The number of hydrogen-bond donors (Lipinski definition) is 0. The maximum Gasteiger partial charge on any atom is 0.344 e. The number of rotatable bonds is 5. The summed E-state index contributed by atoms with van der Waals surface area (Å²) in [5, 5.41) is 5.37. The Morgan fingerprint density at radius 1 is 1.04 bits per heavy atom. The van der Waals surface area contributed by atoms with Gasteiger partial charge in [-0.3, -0.25) is 0 Å². The van der Waals surface area contributed by atoms with E-state index in [0.29, 0.717) is 32.9 Å². The molecule has 140 valence electrons. The topological polar surface area (TPSA) is 53.4 Å². The van der Waals surface area contributed by atoms with Gasteiger partial charge in [-0.1, -0.05) is 37.0 Å². The molecule has 3 rings (SSSR count). The van der Waals surface area contributed by atoms with E-state index in [0.717, 1.165) is 5.69 Å². The number of nitrogens with zero attached hydrogens (tertiary/aromatic N) is 2. The normalized spacial score (nSPS) is 10.9. The van der Waals surface area contributed by atoms with Gasteiger partial charge in [0.2, 0.25) is 5.88 Å². The monoisotopic (exact) mass is 404 g/mol. The molecule has 0 amide bonds. The van der Waals surface area contributed by atoms with Crippen molar-refractivity contribution in [1.82, 2.24) is 9.78 Å². The van der Waals surface area contributed by atoms with Gasteiger partial charge in [-0.15, -0.1) is 0 Å². The summed E-state index contributed by atoms with van der Waals surface area (Å²) in [4.78, 5) is 12.5. The Morgan fingerprint density at radius 2 is 1.74 bits per heavy atom. The number of carbonyl (C=O) groups is 1. The van der Waals surface area contributed by atoms with E-state index in [1.54, 1.807) is 60.3 Å². The van der Waals surface area contributed by atoms with E-state index in [1.807, 2.05) is 13.8 Å². The first kappa shape index (κ1) is 19.3. The van der Waals surface area contributed by atoms with Gasteiger partial charge >= 0.3 is 5.97 Å². The Balaban J connectivity index is 1.95. The van der Waals surface area contributed by atoms with Gasteiger partial charge in [-0.05, 0) is 48.4 Å². The molecule has 0 N–H and O–H groups in total. The van der Waals surface area contributed by atoms with E-state index in [4.69, 9.17) is 32.7 Å². The van der Waals surface area contributed by atoms with E-state index >= 15 is 0 Å². The van der Waals surface area contributed by atoms with Crippen molar-refractivity contribution in [3.8, 4) is 17.3 Å². The summed E-state index contributed by atoms with van der Waals surface area (Å²) in [6, 6.07) is 13.5. The van der Waals surface area contributed by atoms with E-state index in [1.165, 1.54) is 0 Å². The SMILES string of the molecule is COc1ccc(C(=O)Oc2cc(C(C)C)nn2-c2ccc(Cl)c(Cl)c2)cc1. The van der Waals surface area contributed by atoms with Gasteiger partial charge in [0, 0.05) is 6.07 Å². The lowest BCUT2D eigenvalue weighted by atomic mass is 10.1. The Bertz CT molecular complexity index is 966. The molecule has 0 unspecified atom stereocenters. The maximum atomic E-state index is 12.5. The first-order valence-electron chi connectivity index (χ1n) is 8.30. The second-order valence-corrected chi connectivity index (χ2v) is 7.00. The van der Waals surface area contributed by atoms with Gasteiger partial charge in [-0.2, -0.15) is 5.10 Å². The zero-order valence-corrected chi connectivity index (χ0v) is 16.6. The first-order valence-corrected chi connectivity index (χ1v) is 9.06. The standard InChI is InChI=1S/C20H18Cl2N2O3/c1-12(2)18-11-19(24(23-18)14-6-9-16(21)17(22)10-14)27-20(25)13-4-7-15(26-3)8-5-13/h4-12H,1-3H3. The lowest BCUT2D eigenvalue weighted by molar-refractivity contribution is 0.0723. The van der Waals surface area contributed by atoms with Crippen LogP contribution < -0.4 is 9.47 Å². The van der Waals surface area contributed by atoms with Crippen LogP contribution in [0, 0.1) is 0 Å². The fourth-order valence-electron chi connectivity index (χ4n) is 2.42. The Hall–Kier alpha value is -2.50. The third-order valence-electron chi connectivity index (χ3n) is 3.96. The van der Waals surface area contributed by atoms with Crippen LogP contribution in [0.5, 0.6) is 11.6 Å². The number of ether oxygens (including phenoxy) is 2. The van der Waals surface area contributed by atoms with Crippen molar-refractivity contribution < 1.29 is 14.3 Å². The summed E-state index contributed by atoms with van der Waals surface area (Å²) in [6.07, 6.45) is 0. The first-order chi connectivity index (χ1) is 12.9. The average molecular weight is 405 g/mol. The second-order valence-electron chi connectivity index (χ2n) is 6.19. The molecule has 0 bridgehead atoms. The number of hydrogen-bond acceptors (Lipinski definition) is 4. The lowest BCUT2D eigenvalue weighted by Crippen LogP contribution is -2.11. The molecule has 3 aromatic rings. The van der Waals surface area contributed by atoms with Gasteiger partial charge in [0.05, 0.1) is 34.1 Å². The number of esters is 1. The maximum absolute atomic E-state index is 12.5. The number of carbonyl (C=O) groups excluding carboxylic acids is 1. The Labute approximate surface area is 167 Å². The zero-order valence-electron chi connectivity index (χ0n) is 15.1. The van der Waals surface area contributed by atoms with Gasteiger partial charge in [-0.25, -0.2) is 9.48 Å². The van der Waals surface area contributed by atoms with Crippen molar-refractivity contribution in [3.63, 3.8) is 0 Å². The van der Waals surface area contributed by atoms with Gasteiger partial charge in [0.25, 0.3) is 0 Å². The Kier molecular flexibility index (Phi) is 5.73. The van der Waals surface area contributed by atoms with Crippen molar-refractivity contribution in [2.45, 2.75) is 19.8 Å². The molecule has 1 aromatic heterocycles. The molecule has 0 aliphatic carbocycles. The van der Waals surface area contributed by atoms with Crippen LogP contribution in [0.2, 0.25) is 10.0 Å². The molecule has 0 saturated heterocycles. The summed E-state index contributed by atoms with van der Waals surface area (Å²) in [6.45, 7) is 4.02. The molecule has 0 spiro atoms. The smallest absolute Gasteiger partial charge is 0.344 e. The third-order valence-corrected chi connectivity index (χ3v) is 4.70. The minimum Gasteiger partial charge on any atom is -0.497 e. The fraction of sp³-hybridized carbons (Fsp3) is 0.200. The van der Waals surface area contributed by atoms with Crippen LogP contribution in [0.25, 0.3) is 5.69 Å². The summed E-state index contributed by atoms with van der Waals surface area (Å²) in [5.74, 6) is 0.633. The molecular weight excluding hydrogens is 387 g/mol. The molecule has 2 aromatic carbocycles. The number of benzene rings is 2. The molecule has 0 atom stereocenters. The van der Waals surface area contributed by atoms with Gasteiger partial charge in [0.1, 0.15) is 5.75 Å². The van der Waals surface area contributed by atoms with Crippen LogP contribution >= 0.6 is 23.2 Å². The highest BCUT2D eigenvalue weighted by Gasteiger charge is 2.18. The second kappa shape index (κ2) is 8.03. The van der Waals surface area contributed by atoms with Crippen LogP contribution in [-0.4, -0.2) is 22.9 Å². The van der Waals surface area contributed by atoms with E-state index in [2.05, 4.69) is 5.10 Å². The van der Waals surface area contributed by atoms with Crippen molar-refractivity contribution in [2.24, 2.45) is 0 Å². The molecule has 0 fully saturated rings. The Morgan fingerprint density at radius 3 is 2.33 bits per heavy atom. The van der Waals surface area contributed by atoms with Crippen LogP contribution in [0.1, 0.15) is 35.8 Å². The number of methoxy groups -OCH3 is 1. The zero-order chi connectivity index (χ0) is 19.6. The molecule has 0 radical (unpaired) electrons. The highest BCUT2D eigenvalue weighted by Crippen LogP contribution is 2.29. The van der Waals surface area contributed by atoms with Gasteiger partial charge in [0.15, 0.2) is 0 Å². The van der Waals surface area contributed by atoms with Crippen LogP contribution in [0.3, 0.4) is 0 Å². The summed E-state index contributed by atoms with van der Waals surface area (Å²) in [7, 11) is 1.57. The third kappa shape index (κ3) is 4.26. The molecule has 7 heteroatoms.